The van der Waals surface area contributed by atoms with Crippen LogP contribution >= 0.6 is 0 Å². The van der Waals surface area contributed by atoms with Gasteiger partial charge in [0.25, 0.3) is 0 Å². The Morgan fingerprint density at radius 3 is 2.67 bits per heavy atom. The number of carbonyl (C=O) groups excluding carboxylic acids is 1. The number of methoxy groups -OCH3 is 1. The maximum absolute atomic E-state index is 11.8. The summed E-state index contributed by atoms with van der Waals surface area (Å²) in [7, 11) is 1.39. The molecular formula is C15H19N3O3. The molecule has 112 valence electrons. The van der Waals surface area contributed by atoms with Crippen molar-refractivity contribution in [2.45, 2.75) is 26.4 Å². The zero-order chi connectivity index (χ0) is 15.2. The molecule has 2 atom stereocenters. The first kappa shape index (κ1) is 15.2. The monoisotopic (exact) mass is 289 g/mol. The number of benzene rings is 1. The van der Waals surface area contributed by atoms with Crippen molar-refractivity contribution in [1.29, 1.82) is 0 Å². The molecule has 0 fully saturated rings. The van der Waals surface area contributed by atoms with Crippen molar-refractivity contribution in [2.75, 3.05) is 7.11 Å². The average molecular weight is 289 g/mol. The molecule has 2 aromatic rings. The van der Waals surface area contributed by atoms with Crippen LogP contribution in [-0.4, -0.2) is 23.2 Å². The van der Waals surface area contributed by atoms with Crippen molar-refractivity contribution in [3.63, 3.8) is 0 Å². The van der Waals surface area contributed by atoms with E-state index in [1.165, 1.54) is 7.11 Å². The van der Waals surface area contributed by atoms with Crippen molar-refractivity contribution in [3.8, 4) is 0 Å². The molecule has 1 heterocycles. The fourth-order valence-corrected chi connectivity index (χ4v) is 2.17. The zero-order valence-corrected chi connectivity index (χ0v) is 12.4. The van der Waals surface area contributed by atoms with Gasteiger partial charge in [-0.1, -0.05) is 42.4 Å². The second-order valence-corrected chi connectivity index (χ2v) is 4.82. The molecule has 6 nitrogen and oxygen atoms in total. The number of aryl methyl sites for hydroxylation is 1. The molecule has 1 aromatic heterocycles. The summed E-state index contributed by atoms with van der Waals surface area (Å²) in [6.45, 7) is 3.98. The van der Waals surface area contributed by atoms with Crippen LogP contribution in [0.4, 0.5) is 0 Å². The molecule has 6 heteroatoms. The Morgan fingerprint density at radius 2 is 2.10 bits per heavy atom. The molecule has 1 aromatic carbocycles. The first-order chi connectivity index (χ1) is 10.1. The SMILES string of the molecule is COC(=O)[C@@H](C)[C@@H](NCc1nc(C)no1)c1ccccc1. The van der Waals surface area contributed by atoms with Crippen LogP contribution in [-0.2, 0) is 16.1 Å². The lowest BCUT2D eigenvalue weighted by Gasteiger charge is -2.23. The summed E-state index contributed by atoms with van der Waals surface area (Å²) in [6, 6.07) is 9.55. The Hall–Kier alpha value is -2.21. The van der Waals surface area contributed by atoms with E-state index in [4.69, 9.17) is 9.26 Å². The van der Waals surface area contributed by atoms with E-state index in [0.29, 0.717) is 18.3 Å². The van der Waals surface area contributed by atoms with Crippen LogP contribution < -0.4 is 5.32 Å². The van der Waals surface area contributed by atoms with Crippen molar-refractivity contribution in [3.05, 3.63) is 47.6 Å². The molecule has 0 aliphatic heterocycles. The van der Waals surface area contributed by atoms with Gasteiger partial charge >= 0.3 is 5.97 Å². The minimum atomic E-state index is -0.332. The number of rotatable bonds is 6. The van der Waals surface area contributed by atoms with Crippen LogP contribution in [0.3, 0.4) is 0 Å². The predicted molar refractivity (Wildman–Crippen MR) is 76.2 cm³/mol. The normalized spacial score (nSPS) is 13.7. The van der Waals surface area contributed by atoms with Gasteiger partial charge in [-0.05, 0) is 12.5 Å². The van der Waals surface area contributed by atoms with Gasteiger partial charge in [-0.2, -0.15) is 4.98 Å². The minimum absolute atomic E-state index is 0.189. The smallest absolute Gasteiger partial charge is 0.310 e. The molecule has 0 radical (unpaired) electrons. The van der Waals surface area contributed by atoms with Gasteiger partial charge in [0, 0.05) is 6.04 Å². The summed E-state index contributed by atoms with van der Waals surface area (Å²) in [6.07, 6.45) is 0. The molecular weight excluding hydrogens is 270 g/mol. The number of esters is 1. The molecule has 0 saturated heterocycles. The van der Waals surface area contributed by atoms with E-state index in [1.807, 2.05) is 37.3 Å². The highest BCUT2D eigenvalue weighted by atomic mass is 16.5. The summed E-state index contributed by atoms with van der Waals surface area (Å²) in [5, 5.41) is 7.03. The third-order valence-corrected chi connectivity index (χ3v) is 3.27. The van der Waals surface area contributed by atoms with E-state index in [1.54, 1.807) is 6.92 Å². The average Bonchev–Trinajstić information content (AvgIpc) is 2.93. The molecule has 0 aliphatic carbocycles. The van der Waals surface area contributed by atoms with Gasteiger partial charge in [-0.3, -0.25) is 4.79 Å². The lowest BCUT2D eigenvalue weighted by molar-refractivity contribution is -0.146. The number of hydrogen-bond acceptors (Lipinski definition) is 6. The van der Waals surface area contributed by atoms with E-state index in [2.05, 4.69) is 15.5 Å². The van der Waals surface area contributed by atoms with Crippen LogP contribution in [0.1, 0.15) is 30.2 Å². The van der Waals surface area contributed by atoms with E-state index in [0.717, 1.165) is 5.56 Å². The Bertz CT molecular complexity index is 583. The van der Waals surface area contributed by atoms with Gasteiger partial charge in [0.15, 0.2) is 5.82 Å². The lowest BCUT2D eigenvalue weighted by Crippen LogP contribution is -2.31. The number of aromatic nitrogens is 2. The molecule has 0 spiro atoms. The summed E-state index contributed by atoms with van der Waals surface area (Å²) < 4.78 is 9.92. The quantitative estimate of drug-likeness (QED) is 0.820. The predicted octanol–water partition coefficient (Wildman–Crippen LogP) is 2.02. The number of ether oxygens (including phenoxy) is 1. The summed E-state index contributed by atoms with van der Waals surface area (Å²) in [5.74, 6) is 0.481. The maximum Gasteiger partial charge on any atom is 0.310 e. The van der Waals surface area contributed by atoms with Crippen molar-refractivity contribution in [2.24, 2.45) is 5.92 Å². The minimum Gasteiger partial charge on any atom is -0.469 e. The number of nitrogens with zero attached hydrogens (tertiary/aromatic N) is 2. The van der Waals surface area contributed by atoms with Crippen LogP contribution in [0.5, 0.6) is 0 Å². The Balaban J connectivity index is 2.14. The second-order valence-electron chi connectivity index (χ2n) is 4.82. The van der Waals surface area contributed by atoms with Crippen LogP contribution in [0, 0.1) is 12.8 Å². The van der Waals surface area contributed by atoms with Crippen LogP contribution in [0.25, 0.3) is 0 Å². The standard InChI is InChI=1S/C15H19N3O3/c1-10(15(19)20-3)14(12-7-5-4-6-8-12)16-9-13-17-11(2)18-21-13/h4-8,10,14,16H,9H2,1-3H3/t10-,14+/m0/s1. The second kappa shape index (κ2) is 6.99. The van der Waals surface area contributed by atoms with Crippen LogP contribution in [0.15, 0.2) is 34.9 Å². The van der Waals surface area contributed by atoms with Crippen molar-refractivity contribution >= 4 is 5.97 Å². The summed E-state index contributed by atoms with van der Waals surface area (Å²) in [4.78, 5) is 16.0. The van der Waals surface area contributed by atoms with E-state index >= 15 is 0 Å². The molecule has 0 amide bonds. The first-order valence-corrected chi connectivity index (χ1v) is 6.77. The first-order valence-electron chi connectivity index (χ1n) is 6.77. The van der Waals surface area contributed by atoms with E-state index in [9.17, 15) is 4.79 Å². The van der Waals surface area contributed by atoms with Gasteiger partial charge in [0.05, 0.1) is 19.6 Å². The largest absolute Gasteiger partial charge is 0.469 e. The molecule has 1 N–H and O–H groups in total. The van der Waals surface area contributed by atoms with Gasteiger partial charge in [-0.15, -0.1) is 0 Å². The Morgan fingerprint density at radius 1 is 1.38 bits per heavy atom. The highest BCUT2D eigenvalue weighted by Gasteiger charge is 2.26. The molecule has 2 rings (SSSR count). The summed E-state index contributed by atoms with van der Waals surface area (Å²) >= 11 is 0. The van der Waals surface area contributed by atoms with E-state index < -0.39 is 0 Å². The van der Waals surface area contributed by atoms with Gasteiger partial charge in [0.1, 0.15) is 0 Å². The van der Waals surface area contributed by atoms with Crippen molar-refractivity contribution in [1.82, 2.24) is 15.5 Å². The van der Waals surface area contributed by atoms with Crippen molar-refractivity contribution < 1.29 is 14.1 Å². The highest BCUT2D eigenvalue weighted by molar-refractivity contribution is 5.73. The topological polar surface area (TPSA) is 77.2 Å². The maximum atomic E-state index is 11.8. The summed E-state index contributed by atoms with van der Waals surface area (Å²) in [5.41, 5.74) is 1.01. The zero-order valence-electron chi connectivity index (χ0n) is 12.4. The fourth-order valence-electron chi connectivity index (χ4n) is 2.17. The lowest BCUT2D eigenvalue weighted by atomic mass is 9.94. The van der Waals surface area contributed by atoms with Crippen LogP contribution in [0.2, 0.25) is 0 Å². The molecule has 0 saturated carbocycles. The molecule has 0 aliphatic rings. The van der Waals surface area contributed by atoms with Gasteiger partial charge in [0.2, 0.25) is 5.89 Å². The van der Waals surface area contributed by atoms with Gasteiger partial charge in [-0.25, -0.2) is 0 Å². The fraction of sp³-hybridized carbons (Fsp3) is 0.400. The third kappa shape index (κ3) is 3.88. The number of carbonyl (C=O) groups is 1. The molecule has 0 bridgehead atoms. The Kier molecular flexibility index (Phi) is 5.05. The molecule has 21 heavy (non-hydrogen) atoms. The Labute approximate surface area is 123 Å². The van der Waals surface area contributed by atoms with Gasteiger partial charge < -0.3 is 14.6 Å². The molecule has 0 unspecified atom stereocenters. The highest BCUT2D eigenvalue weighted by Crippen LogP contribution is 2.23. The number of hydrogen-bond donors (Lipinski definition) is 1. The van der Waals surface area contributed by atoms with E-state index in [-0.39, 0.29) is 17.9 Å². The third-order valence-electron chi connectivity index (χ3n) is 3.27. The number of nitrogens with one attached hydrogen (secondary N) is 1.